The van der Waals surface area contributed by atoms with Crippen molar-refractivity contribution in [3.05, 3.63) is 77.8 Å². The van der Waals surface area contributed by atoms with E-state index in [0.29, 0.717) is 17.4 Å². The molecule has 0 bridgehead atoms. The van der Waals surface area contributed by atoms with Crippen molar-refractivity contribution < 1.29 is 9.50 Å². The molecule has 2 aliphatic carbocycles. The smallest absolute Gasteiger partial charge is 0.149 e. The number of nitrogens with zero attached hydrogens (tertiary/aromatic N) is 3. The molecule has 2 fully saturated rings. The molecular weight excluding hydrogens is 389 g/mol. The molecular formula is C26H26FN3O. The normalized spacial score (nSPS) is 22.8. The molecule has 4 nitrogen and oxygen atoms in total. The summed E-state index contributed by atoms with van der Waals surface area (Å²) >= 11 is 0. The van der Waals surface area contributed by atoms with Crippen LogP contribution in [0.1, 0.15) is 73.2 Å². The number of hydrogen-bond donors (Lipinski definition) is 1. The van der Waals surface area contributed by atoms with Gasteiger partial charge in [0, 0.05) is 23.3 Å². The summed E-state index contributed by atoms with van der Waals surface area (Å²) in [7, 11) is 0. The average molecular weight is 416 g/mol. The molecule has 0 radical (unpaired) electrons. The summed E-state index contributed by atoms with van der Waals surface area (Å²) in [5.41, 5.74) is 5.08. The maximum atomic E-state index is 14.2. The van der Waals surface area contributed by atoms with Gasteiger partial charge in [0.1, 0.15) is 11.3 Å². The second-order valence-electron chi connectivity index (χ2n) is 9.24. The Morgan fingerprint density at radius 2 is 1.74 bits per heavy atom. The quantitative estimate of drug-likeness (QED) is 0.451. The minimum atomic E-state index is -0.469. The Balaban J connectivity index is 1.27. The molecule has 4 aromatic rings. The minimum Gasteiger partial charge on any atom is -0.388 e. The predicted octanol–water partition coefficient (Wildman–Crippen LogP) is 5.91. The van der Waals surface area contributed by atoms with Gasteiger partial charge in [-0.2, -0.15) is 0 Å². The van der Waals surface area contributed by atoms with Gasteiger partial charge in [-0.05, 0) is 85.6 Å². The summed E-state index contributed by atoms with van der Waals surface area (Å²) in [5.74, 6) is 0.938. The number of benzene rings is 1. The van der Waals surface area contributed by atoms with E-state index < -0.39 is 6.10 Å². The van der Waals surface area contributed by atoms with Gasteiger partial charge in [0.15, 0.2) is 0 Å². The summed E-state index contributed by atoms with van der Waals surface area (Å²) in [4.78, 5) is 8.57. The molecule has 3 aromatic heterocycles. The van der Waals surface area contributed by atoms with E-state index in [1.54, 1.807) is 12.3 Å². The number of rotatable bonds is 4. The molecule has 0 amide bonds. The second-order valence-corrected chi connectivity index (χ2v) is 9.24. The molecule has 1 N–H and O–H groups in total. The Morgan fingerprint density at radius 3 is 2.55 bits per heavy atom. The second kappa shape index (κ2) is 7.41. The monoisotopic (exact) mass is 415 g/mol. The molecule has 158 valence electrons. The molecule has 1 aromatic carbocycles. The van der Waals surface area contributed by atoms with Crippen molar-refractivity contribution in [1.82, 2.24) is 14.4 Å². The Hall–Kier alpha value is -2.79. The van der Waals surface area contributed by atoms with Gasteiger partial charge in [-0.1, -0.05) is 12.1 Å². The highest BCUT2D eigenvalue weighted by molar-refractivity contribution is 5.83. The van der Waals surface area contributed by atoms with E-state index in [1.807, 2.05) is 29.1 Å². The van der Waals surface area contributed by atoms with Crippen LogP contribution in [0.5, 0.6) is 0 Å². The van der Waals surface area contributed by atoms with Gasteiger partial charge in [0.2, 0.25) is 0 Å². The van der Waals surface area contributed by atoms with Crippen molar-refractivity contribution in [1.29, 1.82) is 0 Å². The Kier molecular flexibility index (Phi) is 4.53. The molecule has 0 spiro atoms. The number of para-hydroxylation sites is 1. The number of imidazole rings is 1. The first kappa shape index (κ1) is 18.9. The summed E-state index contributed by atoms with van der Waals surface area (Å²) in [6.07, 6.45) is 13.4. The summed E-state index contributed by atoms with van der Waals surface area (Å²) in [6, 6.07) is 9.43. The summed E-state index contributed by atoms with van der Waals surface area (Å²) < 4.78 is 16.2. The number of aliphatic hydroxyl groups is 1. The highest BCUT2D eigenvalue weighted by Gasteiger charge is 2.34. The van der Waals surface area contributed by atoms with Gasteiger partial charge >= 0.3 is 0 Å². The third kappa shape index (κ3) is 3.23. The Bertz CT molecular complexity index is 1250. The predicted molar refractivity (Wildman–Crippen MR) is 119 cm³/mol. The first-order chi connectivity index (χ1) is 15.2. The van der Waals surface area contributed by atoms with E-state index in [0.717, 1.165) is 42.1 Å². The lowest BCUT2D eigenvalue weighted by molar-refractivity contribution is 0.0811. The molecule has 2 saturated carbocycles. The first-order valence-electron chi connectivity index (χ1n) is 11.4. The van der Waals surface area contributed by atoms with Gasteiger partial charge in [-0.3, -0.25) is 4.98 Å². The van der Waals surface area contributed by atoms with Crippen molar-refractivity contribution in [2.45, 2.75) is 56.5 Å². The molecule has 2 aliphatic rings. The Morgan fingerprint density at radius 1 is 0.968 bits per heavy atom. The topological polar surface area (TPSA) is 50.4 Å². The van der Waals surface area contributed by atoms with Crippen molar-refractivity contribution in [2.75, 3.05) is 0 Å². The fourth-order valence-corrected chi connectivity index (χ4v) is 5.60. The van der Waals surface area contributed by atoms with E-state index in [1.165, 1.54) is 30.0 Å². The van der Waals surface area contributed by atoms with Gasteiger partial charge in [0.05, 0.1) is 24.1 Å². The maximum Gasteiger partial charge on any atom is 0.149 e. The van der Waals surface area contributed by atoms with Gasteiger partial charge < -0.3 is 9.51 Å². The van der Waals surface area contributed by atoms with Crippen LogP contribution < -0.4 is 0 Å². The van der Waals surface area contributed by atoms with Crippen LogP contribution in [0.3, 0.4) is 0 Å². The number of fused-ring (bicyclic) bond motifs is 2. The molecule has 3 heterocycles. The van der Waals surface area contributed by atoms with Crippen LogP contribution >= 0.6 is 0 Å². The number of pyridine rings is 2. The van der Waals surface area contributed by atoms with Crippen molar-refractivity contribution in [3.63, 3.8) is 0 Å². The highest BCUT2D eigenvalue weighted by Crippen LogP contribution is 2.48. The lowest BCUT2D eigenvalue weighted by Crippen LogP contribution is -2.21. The number of hydrogen-bond acceptors (Lipinski definition) is 3. The summed E-state index contributed by atoms with van der Waals surface area (Å²) in [6.45, 7) is 0. The zero-order valence-electron chi connectivity index (χ0n) is 17.4. The highest BCUT2D eigenvalue weighted by atomic mass is 19.1. The van der Waals surface area contributed by atoms with Crippen molar-refractivity contribution in [2.24, 2.45) is 5.92 Å². The Labute approximate surface area is 180 Å². The van der Waals surface area contributed by atoms with E-state index in [9.17, 15) is 9.50 Å². The molecule has 1 atom stereocenters. The number of aliphatic hydroxyl groups excluding tert-OH is 1. The lowest BCUT2D eigenvalue weighted by atomic mass is 9.74. The van der Waals surface area contributed by atoms with Crippen LogP contribution in [0.4, 0.5) is 4.39 Å². The van der Waals surface area contributed by atoms with Gasteiger partial charge in [-0.25, -0.2) is 9.37 Å². The summed E-state index contributed by atoms with van der Waals surface area (Å²) in [5, 5.41) is 12.4. The number of halogens is 1. The van der Waals surface area contributed by atoms with Crippen LogP contribution in [0.2, 0.25) is 0 Å². The zero-order valence-corrected chi connectivity index (χ0v) is 17.4. The first-order valence-corrected chi connectivity index (χ1v) is 11.4. The fourth-order valence-electron chi connectivity index (χ4n) is 5.60. The van der Waals surface area contributed by atoms with Crippen LogP contribution in [0.25, 0.3) is 16.4 Å². The van der Waals surface area contributed by atoms with Crippen LogP contribution in [-0.2, 0) is 0 Å². The lowest BCUT2D eigenvalue weighted by Gasteiger charge is -2.33. The zero-order chi connectivity index (χ0) is 20.9. The third-order valence-electron chi connectivity index (χ3n) is 7.39. The standard InChI is InChI=1S/C26H26FN3O/c27-22-3-1-2-21-19(10-12-29-25(21)22)16-6-8-18(9-7-16)26(31)24-20(17-4-5-17)11-13-30-15-28-14-23(24)30/h1-3,10-18,26,31H,4-9H2/t16-,18-,26-/m1/s1. The number of aromatic nitrogens is 3. The average Bonchev–Trinajstić information content (AvgIpc) is 3.54. The van der Waals surface area contributed by atoms with E-state index >= 15 is 0 Å². The largest absolute Gasteiger partial charge is 0.388 e. The third-order valence-corrected chi connectivity index (χ3v) is 7.39. The van der Waals surface area contributed by atoms with E-state index in [2.05, 4.69) is 22.2 Å². The molecule has 0 saturated heterocycles. The molecule has 31 heavy (non-hydrogen) atoms. The van der Waals surface area contributed by atoms with Crippen LogP contribution in [0.15, 0.2) is 55.2 Å². The maximum absolute atomic E-state index is 14.2. The van der Waals surface area contributed by atoms with Crippen molar-refractivity contribution in [3.8, 4) is 0 Å². The fraction of sp³-hybridized carbons (Fsp3) is 0.385. The molecule has 0 unspecified atom stereocenters. The van der Waals surface area contributed by atoms with E-state index in [4.69, 9.17) is 0 Å². The SMILES string of the molecule is O[C@@H](c1c(C2CC2)ccn2cncc12)[C@H]1CC[C@H](c2ccnc3c(F)cccc32)CC1. The van der Waals surface area contributed by atoms with Crippen LogP contribution in [-0.4, -0.2) is 19.5 Å². The molecule has 5 heteroatoms. The van der Waals surface area contributed by atoms with Gasteiger partial charge in [0.25, 0.3) is 0 Å². The molecule has 0 aliphatic heterocycles. The van der Waals surface area contributed by atoms with E-state index in [-0.39, 0.29) is 11.7 Å². The van der Waals surface area contributed by atoms with Crippen LogP contribution in [0, 0.1) is 11.7 Å². The molecule has 6 rings (SSSR count). The minimum absolute atomic E-state index is 0.236. The van der Waals surface area contributed by atoms with Crippen molar-refractivity contribution >= 4 is 16.4 Å². The van der Waals surface area contributed by atoms with Gasteiger partial charge in [-0.15, -0.1) is 0 Å².